The molecular formula is C31H32F3N5O4. The number of amides is 1. The van der Waals surface area contributed by atoms with Crippen molar-refractivity contribution >= 4 is 16.9 Å². The van der Waals surface area contributed by atoms with Crippen molar-refractivity contribution in [2.24, 2.45) is 5.92 Å². The molecule has 43 heavy (non-hydrogen) atoms. The van der Waals surface area contributed by atoms with Crippen molar-refractivity contribution in [1.29, 1.82) is 0 Å². The molecule has 9 nitrogen and oxygen atoms in total. The molecular weight excluding hydrogens is 563 g/mol. The van der Waals surface area contributed by atoms with Crippen LogP contribution in [0.2, 0.25) is 0 Å². The molecule has 4 heterocycles. The lowest BCUT2D eigenvalue weighted by Crippen LogP contribution is -2.52. The Bertz CT molecular complexity index is 1660. The van der Waals surface area contributed by atoms with Crippen LogP contribution in [0.1, 0.15) is 30.7 Å². The first-order valence-electron chi connectivity index (χ1n) is 14.3. The summed E-state index contributed by atoms with van der Waals surface area (Å²) < 4.78 is 44.9. The topological polar surface area (TPSA) is 102 Å². The normalized spacial score (nSPS) is 20.7. The van der Waals surface area contributed by atoms with E-state index in [1.807, 2.05) is 23.1 Å². The van der Waals surface area contributed by atoms with Crippen LogP contribution in [0, 0.1) is 5.92 Å². The lowest BCUT2D eigenvalue weighted by Gasteiger charge is -2.41. The second kappa shape index (κ2) is 11.5. The summed E-state index contributed by atoms with van der Waals surface area (Å²) in [5.74, 6) is -0.327. The number of aromatic nitrogens is 3. The van der Waals surface area contributed by atoms with Gasteiger partial charge in [0.25, 0.3) is 5.56 Å². The number of likely N-dealkylation sites (tertiary alicyclic amines) is 1. The van der Waals surface area contributed by atoms with Gasteiger partial charge in [-0.05, 0) is 49.6 Å². The van der Waals surface area contributed by atoms with Crippen molar-refractivity contribution in [2.45, 2.75) is 43.7 Å². The van der Waals surface area contributed by atoms with Crippen LogP contribution >= 0.6 is 0 Å². The molecule has 2 fully saturated rings. The van der Waals surface area contributed by atoms with E-state index in [0.717, 1.165) is 25.1 Å². The van der Waals surface area contributed by atoms with Gasteiger partial charge in [0.1, 0.15) is 12.1 Å². The zero-order chi connectivity index (χ0) is 30.2. The molecule has 2 aliphatic rings. The number of aliphatic hydroxyl groups is 1. The van der Waals surface area contributed by atoms with Crippen LogP contribution in [0.3, 0.4) is 0 Å². The summed E-state index contributed by atoms with van der Waals surface area (Å²) in [6.07, 6.45) is -0.552. The van der Waals surface area contributed by atoms with Crippen LogP contribution in [0.15, 0.2) is 78.0 Å². The fraction of sp³-hybridized carbons (Fsp3) is 0.387. The van der Waals surface area contributed by atoms with Crippen molar-refractivity contribution in [3.8, 4) is 11.4 Å². The average Bonchev–Trinajstić information content (AvgIpc) is 3.43. The molecule has 12 heteroatoms. The number of carbonyl (C=O) groups is 1. The van der Waals surface area contributed by atoms with Gasteiger partial charge in [0.15, 0.2) is 5.65 Å². The Kier molecular flexibility index (Phi) is 7.74. The number of hydrogen-bond donors (Lipinski definition) is 2. The number of piperidine rings is 2. The first-order chi connectivity index (χ1) is 20.6. The molecule has 226 valence electrons. The Labute approximate surface area is 245 Å². The zero-order valence-corrected chi connectivity index (χ0v) is 23.3. The first kappa shape index (κ1) is 28.9. The fourth-order valence-corrected chi connectivity index (χ4v) is 6.26. The van der Waals surface area contributed by atoms with Crippen LogP contribution in [-0.4, -0.2) is 68.2 Å². The van der Waals surface area contributed by atoms with Crippen LogP contribution in [0.5, 0.6) is 5.75 Å². The monoisotopic (exact) mass is 595 g/mol. The molecule has 0 unspecified atom stereocenters. The third-order valence-corrected chi connectivity index (χ3v) is 8.50. The highest BCUT2D eigenvalue weighted by Crippen LogP contribution is 2.33. The number of nitrogens with one attached hydrogen (secondary N) is 1. The molecule has 2 N–H and O–H groups in total. The zero-order valence-electron chi connectivity index (χ0n) is 23.3. The maximum Gasteiger partial charge on any atom is 0.573 e. The summed E-state index contributed by atoms with van der Waals surface area (Å²) in [5, 5.41) is 15.1. The summed E-state index contributed by atoms with van der Waals surface area (Å²) >= 11 is 0. The Morgan fingerprint density at radius 2 is 1.86 bits per heavy atom. The molecule has 2 saturated heterocycles. The Balaban J connectivity index is 1.14. The summed E-state index contributed by atoms with van der Waals surface area (Å²) in [4.78, 5) is 33.2. The van der Waals surface area contributed by atoms with Gasteiger partial charge in [0.05, 0.1) is 23.2 Å². The van der Waals surface area contributed by atoms with Gasteiger partial charge in [-0.2, -0.15) is 0 Å². The second-order valence-electron chi connectivity index (χ2n) is 11.3. The van der Waals surface area contributed by atoms with Crippen molar-refractivity contribution in [3.63, 3.8) is 0 Å². The number of alkyl halides is 3. The van der Waals surface area contributed by atoms with Gasteiger partial charge in [-0.15, -0.1) is 13.2 Å². The minimum Gasteiger partial charge on any atom is -0.406 e. The van der Waals surface area contributed by atoms with Gasteiger partial charge < -0.3 is 24.6 Å². The third-order valence-electron chi connectivity index (χ3n) is 8.50. The highest BCUT2D eigenvalue weighted by Gasteiger charge is 2.39. The quantitative estimate of drug-likeness (QED) is 0.352. The van der Waals surface area contributed by atoms with Gasteiger partial charge in [-0.25, -0.2) is 4.98 Å². The lowest BCUT2D eigenvalue weighted by atomic mass is 9.80. The van der Waals surface area contributed by atoms with Gasteiger partial charge in [-0.3, -0.25) is 14.2 Å². The number of benzene rings is 2. The maximum atomic E-state index is 13.6. The van der Waals surface area contributed by atoms with Crippen molar-refractivity contribution < 1.29 is 27.8 Å². The van der Waals surface area contributed by atoms with E-state index in [1.165, 1.54) is 33.7 Å². The van der Waals surface area contributed by atoms with Gasteiger partial charge in [0, 0.05) is 43.7 Å². The van der Waals surface area contributed by atoms with E-state index < -0.39 is 12.0 Å². The molecule has 0 saturated carbocycles. The summed E-state index contributed by atoms with van der Waals surface area (Å²) in [7, 11) is 0. The molecule has 2 atom stereocenters. The van der Waals surface area contributed by atoms with Crippen LogP contribution in [-0.2, 0) is 11.3 Å². The molecule has 0 aliphatic carbocycles. The number of hydrogen-bond acceptors (Lipinski definition) is 6. The number of fused-ring (bicyclic) bond motifs is 1. The van der Waals surface area contributed by atoms with Crippen LogP contribution in [0.25, 0.3) is 16.7 Å². The maximum absolute atomic E-state index is 13.6. The summed E-state index contributed by atoms with van der Waals surface area (Å²) in [6, 6.07) is 17.0. The molecule has 0 bridgehead atoms. The van der Waals surface area contributed by atoms with Gasteiger partial charge >= 0.3 is 6.36 Å². The van der Waals surface area contributed by atoms with E-state index in [4.69, 9.17) is 0 Å². The minimum absolute atomic E-state index is 0.0108. The van der Waals surface area contributed by atoms with E-state index in [9.17, 15) is 27.9 Å². The molecule has 6 rings (SSSR count). The molecule has 2 aliphatic heterocycles. The Morgan fingerprint density at radius 3 is 2.60 bits per heavy atom. The van der Waals surface area contributed by atoms with Crippen molar-refractivity contribution in [1.82, 2.24) is 24.3 Å². The largest absolute Gasteiger partial charge is 0.573 e. The third kappa shape index (κ3) is 6.16. The number of rotatable bonds is 6. The van der Waals surface area contributed by atoms with E-state index in [2.05, 4.69) is 27.2 Å². The van der Waals surface area contributed by atoms with Crippen LogP contribution < -0.4 is 15.6 Å². The minimum atomic E-state index is -4.83. The Hall–Kier alpha value is -4.16. The standard InChI is InChI=1S/C31H32F3N5O4/c32-31(33,34)43-23-8-4-7-22(17-23)39-14-10-25-27(39)36-20-38(29(25)41)19-30(42)11-15-37(16-12-30)28(40)24-9-13-35-18-26(24)21-5-2-1-3-6-21/h1-8,10,14,17,20,24,26,35,42H,9,11-13,15-16,18-19H2/t24-,26+/m1/s1. The highest BCUT2D eigenvalue weighted by atomic mass is 19.4. The fourth-order valence-electron chi connectivity index (χ4n) is 6.26. The van der Waals surface area contributed by atoms with Gasteiger partial charge in [-0.1, -0.05) is 36.4 Å². The smallest absolute Gasteiger partial charge is 0.406 e. The number of nitrogens with zero attached hydrogens (tertiary/aromatic N) is 4. The number of carbonyl (C=O) groups excluding carboxylic acids is 1. The summed E-state index contributed by atoms with van der Waals surface area (Å²) in [6.45, 7) is 2.31. The molecule has 2 aromatic carbocycles. The van der Waals surface area contributed by atoms with Crippen molar-refractivity contribution in [3.05, 3.63) is 89.1 Å². The summed E-state index contributed by atoms with van der Waals surface area (Å²) in [5.41, 5.74) is 0.182. The average molecular weight is 596 g/mol. The van der Waals surface area contributed by atoms with E-state index >= 15 is 0 Å². The first-order valence-corrected chi connectivity index (χ1v) is 14.3. The molecule has 0 radical (unpaired) electrons. The Morgan fingerprint density at radius 1 is 1.09 bits per heavy atom. The van der Waals surface area contributed by atoms with Crippen molar-refractivity contribution in [2.75, 3.05) is 26.2 Å². The van der Waals surface area contributed by atoms with Gasteiger partial charge in [0.2, 0.25) is 5.91 Å². The molecule has 1 amide bonds. The predicted octanol–water partition coefficient (Wildman–Crippen LogP) is 3.83. The number of ether oxygens (including phenoxy) is 1. The van der Waals surface area contributed by atoms with Crippen LogP contribution in [0.4, 0.5) is 13.2 Å². The second-order valence-corrected chi connectivity index (χ2v) is 11.3. The molecule has 0 spiro atoms. The molecule has 2 aromatic heterocycles. The SMILES string of the molecule is O=C([C@@H]1CCNC[C@H]1c1ccccc1)N1CCC(O)(Cn2cnc3c(ccn3-c3cccc(OC(F)(F)F)c3)c2=O)CC1. The van der Waals surface area contributed by atoms with E-state index in [0.29, 0.717) is 31.6 Å². The highest BCUT2D eigenvalue weighted by molar-refractivity contribution is 5.80. The number of halogens is 3. The van der Waals surface area contributed by atoms with E-state index in [-0.39, 0.29) is 46.6 Å². The van der Waals surface area contributed by atoms with E-state index in [1.54, 1.807) is 18.3 Å². The molecule has 4 aromatic rings. The predicted molar refractivity (Wildman–Crippen MR) is 153 cm³/mol. The lowest BCUT2D eigenvalue weighted by molar-refractivity contribution is -0.274.